The minimum atomic E-state index is -0.363. The second-order valence-corrected chi connectivity index (χ2v) is 9.77. The zero-order valence-corrected chi connectivity index (χ0v) is 19.9. The number of likely N-dealkylation sites (tertiary alicyclic amines) is 1. The fraction of sp³-hybridized carbons (Fsp3) is 0.207. The predicted octanol–water partition coefficient (Wildman–Crippen LogP) is 4.57. The lowest BCUT2D eigenvalue weighted by molar-refractivity contribution is -0.130. The van der Waals surface area contributed by atoms with E-state index in [1.165, 1.54) is 6.07 Å². The first-order valence-corrected chi connectivity index (χ1v) is 12.3. The number of furan rings is 1. The van der Waals surface area contributed by atoms with Crippen molar-refractivity contribution in [3.05, 3.63) is 90.6 Å². The van der Waals surface area contributed by atoms with Gasteiger partial charge in [0, 0.05) is 41.9 Å². The molecule has 0 aliphatic carbocycles. The third-order valence-corrected chi connectivity index (χ3v) is 7.66. The Morgan fingerprint density at radius 2 is 1.76 bits per heavy atom. The maximum absolute atomic E-state index is 14.4. The maximum atomic E-state index is 14.4. The van der Waals surface area contributed by atoms with Crippen LogP contribution in [0.5, 0.6) is 0 Å². The molecule has 2 aliphatic heterocycles. The molecule has 184 valence electrons. The van der Waals surface area contributed by atoms with Crippen molar-refractivity contribution >= 4 is 39.4 Å². The van der Waals surface area contributed by atoms with E-state index in [4.69, 9.17) is 4.42 Å². The van der Waals surface area contributed by atoms with Gasteiger partial charge in [0.2, 0.25) is 11.8 Å². The van der Waals surface area contributed by atoms with Gasteiger partial charge in [0.1, 0.15) is 17.1 Å². The molecule has 2 aromatic heterocycles. The highest BCUT2D eigenvalue weighted by molar-refractivity contribution is 6.06. The molecule has 7 rings (SSSR count). The monoisotopic (exact) mass is 494 g/mol. The first kappa shape index (κ1) is 21.8. The van der Waals surface area contributed by atoms with Crippen LogP contribution in [0.3, 0.4) is 0 Å². The van der Waals surface area contributed by atoms with Gasteiger partial charge in [-0.05, 0) is 30.3 Å². The van der Waals surface area contributed by atoms with Crippen molar-refractivity contribution in [1.29, 1.82) is 0 Å². The molecule has 0 radical (unpaired) electrons. The van der Waals surface area contributed by atoms with E-state index in [2.05, 4.69) is 5.10 Å². The molecule has 2 aliphatic rings. The highest BCUT2D eigenvalue weighted by atomic mass is 19.1. The molecule has 3 aromatic carbocycles. The highest BCUT2D eigenvalue weighted by Gasteiger charge is 2.48. The van der Waals surface area contributed by atoms with Gasteiger partial charge in [0.15, 0.2) is 0 Å². The zero-order valence-electron chi connectivity index (χ0n) is 19.9. The van der Waals surface area contributed by atoms with Gasteiger partial charge >= 0.3 is 0 Å². The molecule has 37 heavy (non-hydrogen) atoms. The van der Waals surface area contributed by atoms with Crippen molar-refractivity contribution in [2.24, 2.45) is 11.8 Å². The van der Waals surface area contributed by atoms with Gasteiger partial charge in [-0.25, -0.2) is 9.07 Å². The van der Waals surface area contributed by atoms with E-state index in [0.29, 0.717) is 25.3 Å². The summed E-state index contributed by atoms with van der Waals surface area (Å²) in [6.07, 6.45) is 3.58. The van der Waals surface area contributed by atoms with Crippen molar-refractivity contribution in [3.8, 4) is 5.69 Å². The van der Waals surface area contributed by atoms with E-state index in [1.807, 2.05) is 47.4 Å². The van der Waals surface area contributed by atoms with Crippen LogP contribution in [0.1, 0.15) is 5.56 Å². The van der Waals surface area contributed by atoms with Gasteiger partial charge in [0.05, 0.1) is 36.0 Å². The van der Waals surface area contributed by atoms with Crippen LogP contribution in [0.15, 0.2) is 83.6 Å². The lowest BCUT2D eigenvalue weighted by atomic mass is 10.0. The Bertz CT molecular complexity index is 1690. The number of hydrogen-bond donors (Lipinski definition) is 0. The fourth-order valence-electron chi connectivity index (χ4n) is 5.81. The third kappa shape index (κ3) is 3.43. The Balaban J connectivity index is 1.11. The number of aromatic nitrogens is 2. The van der Waals surface area contributed by atoms with E-state index in [-0.39, 0.29) is 35.9 Å². The Hall–Kier alpha value is -4.46. The number of hydrogen-bond acceptors (Lipinski definition) is 4. The van der Waals surface area contributed by atoms with Crippen LogP contribution in [0.2, 0.25) is 0 Å². The number of anilines is 1. The molecule has 4 heterocycles. The van der Waals surface area contributed by atoms with Gasteiger partial charge in [-0.2, -0.15) is 5.10 Å². The average Bonchev–Trinajstić information content (AvgIpc) is 3.68. The van der Waals surface area contributed by atoms with E-state index < -0.39 is 0 Å². The quantitative estimate of drug-likeness (QED) is 0.367. The molecule has 2 fully saturated rings. The van der Waals surface area contributed by atoms with Crippen LogP contribution in [0.4, 0.5) is 10.1 Å². The molecular weight excluding hydrogens is 471 g/mol. The summed E-state index contributed by atoms with van der Waals surface area (Å²) < 4.78 is 21.6. The number of benzene rings is 3. The summed E-state index contributed by atoms with van der Waals surface area (Å²) in [6.45, 7) is 1.50. The minimum absolute atomic E-state index is 0.00793. The van der Waals surface area contributed by atoms with Crippen LogP contribution in [0, 0.1) is 17.7 Å². The molecule has 2 atom stereocenters. The largest absolute Gasteiger partial charge is 0.464 e. The maximum Gasteiger partial charge on any atom is 0.232 e. The Morgan fingerprint density at radius 3 is 2.62 bits per heavy atom. The van der Waals surface area contributed by atoms with Crippen molar-refractivity contribution in [2.75, 3.05) is 24.5 Å². The average molecular weight is 495 g/mol. The van der Waals surface area contributed by atoms with E-state index >= 15 is 0 Å². The summed E-state index contributed by atoms with van der Waals surface area (Å²) in [7, 11) is 0. The normalized spacial score (nSPS) is 19.3. The first-order valence-electron chi connectivity index (χ1n) is 12.3. The van der Waals surface area contributed by atoms with Gasteiger partial charge in [-0.1, -0.05) is 36.4 Å². The minimum Gasteiger partial charge on any atom is -0.464 e. The van der Waals surface area contributed by atoms with Crippen molar-refractivity contribution in [1.82, 2.24) is 14.7 Å². The SMILES string of the molecule is O=C(Cc1coc2ccccc12)N1C[C@@H]2CN(c3cccc4c3cnn4-c3ccccc3F)C(=O)[C@@H]2C1. The van der Waals surface area contributed by atoms with Crippen LogP contribution in [-0.2, 0) is 16.0 Å². The van der Waals surface area contributed by atoms with Gasteiger partial charge in [-0.15, -0.1) is 0 Å². The van der Waals surface area contributed by atoms with E-state index in [0.717, 1.165) is 33.1 Å². The second-order valence-electron chi connectivity index (χ2n) is 9.77. The summed E-state index contributed by atoms with van der Waals surface area (Å²) in [6, 6.07) is 19.8. The van der Waals surface area contributed by atoms with E-state index in [1.54, 1.807) is 40.2 Å². The topological polar surface area (TPSA) is 71.6 Å². The smallest absolute Gasteiger partial charge is 0.232 e. The fourth-order valence-corrected chi connectivity index (χ4v) is 5.81. The number of carbonyl (C=O) groups excluding carboxylic acids is 2. The van der Waals surface area contributed by atoms with Gasteiger partial charge in [0.25, 0.3) is 0 Å². The van der Waals surface area contributed by atoms with Gasteiger partial charge in [-0.3, -0.25) is 9.59 Å². The highest BCUT2D eigenvalue weighted by Crippen LogP contribution is 2.38. The summed E-state index contributed by atoms with van der Waals surface area (Å²) in [5.41, 5.74) is 3.49. The Kier molecular flexibility index (Phi) is 4.89. The lowest BCUT2D eigenvalue weighted by Crippen LogP contribution is -2.36. The van der Waals surface area contributed by atoms with Crippen LogP contribution in [0.25, 0.3) is 27.6 Å². The number of para-hydroxylation sites is 2. The summed E-state index contributed by atoms with van der Waals surface area (Å²) in [5, 5.41) is 6.16. The van der Waals surface area contributed by atoms with Crippen molar-refractivity contribution in [2.45, 2.75) is 6.42 Å². The molecule has 0 saturated carbocycles. The molecule has 2 saturated heterocycles. The predicted molar refractivity (Wildman–Crippen MR) is 137 cm³/mol. The van der Waals surface area contributed by atoms with Crippen molar-refractivity contribution < 1.29 is 18.4 Å². The number of halogens is 1. The molecule has 7 nitrogen and oxygen atoms in total. The molecule has 0 unspecified atom stereocenters. The Morgan fingerprint density at radius 1 is 0.946 bits per heavy atom. The van der Waals surface area contributed by atoms with Crippen molar-refractivity contribution in [3.63, 3.8) is 0 Å². The number of amides is 2. The molecule has 2 amide bonds. The molecular formula is C29H23FN4O3. The lowest BCUT2D eigenvalue weighted by Gasteiger charge is -2.22. The molecule has 5 aromatic rings. The zero-order chi connectivity index (χ0) is 25.1. The number of rotatable bonds is 4. The molecule has 8 heteroatoms. The van der Waals surface area contributed by atoms with Crippen LogP contribution >= 0.6 is 0 Å². The Labute approximate surface area is 211 Å². The standard InChI is InChI=1S/C29H23FN4O3/c30-23-7-2-3-8-26(23)34-25-10-5-9-24(21(25)13-31-34)33-15-19-14-32(16-22(19)29(33)36)28(35)12-18-17-37-27-11-4-1-6-20(18)27/h1-11,13,17,19,22H,12,14-16H2/t19-,22-/m1/s1. The van der Waals surface area contributed by atoms with Crippen LogP contribution in [-0.4, -0.2) is 46.1 Å². The first-order chi connectivity index (χ1) is 18.1. The third-order valence-electron chi connectivity index (χ3n) is 7.66. The molecule has 0 bridgehead atoms. The summed E-state index contributed by atoms with van der Waals surface area (Å²) in [5.74, 6) is -0.511. The molecule has 0 spiro atoms. The number of carbonyl (C=O) groups is 2. The van der Waals surface area contributed by atoms with Gasteiger partial charge < -0.3 is 14.2 Å². The summed E-state index contributed by atoms with van der Waals surface area (Å²) in [4.78, 5) is 30.2. The number of fused-ring (bicyclic) bond motifs is 3. The van der Waals surface area contributed by atoms with E-state index in [9.17, 15) is 14.0 Å². The second kappa shape index (κ2) is 8.30. The summed E-state index contributed by atoms with van der Waals surface area (Å²) >= 11 is 0. The number of nitrogens with zero attached hydrogens (tertiary/aromatic N) is 4. The molecule has 0 N–H and O–H groups in total. The van der Waals surface area contributed by atoms with Crippen LogP contribution < -0.4 is 4.90 Å².